The van der Waals surface area contributed by atoms with Gasteiger partial charge in [-0.05, 0) is 46.9 Å². The first-order valence-electron chi connectivity index (χ1n) is 5.93. The Morgan fingerprint density at radius 1 is 1.16 bits per heavy atom. The van der Waals surface area contributed by atoms with Gasteiger partial charge in [0.15, 0.2) is 0 Å². The number of benzene rings is 2. The molecule has 2 rings (SSSR count). The SMILES string of the molecule is C#CCOc1ccccc1CNc1cccc(I)c1. The minimum absolute atomic E-state index is 0.292. The summed E-state index contributed by atoms with van der Waals surface area (Å²) in [6, 6.07) is 16.2. The van der Waals surface area contributed by atoms with Crippen LogP contribution in [0.2, 0.25) is 0 Å². The van der Waals surface area contributed by atoms with Gasteiger partial charge >= 0.3 is 0 Å². The highest BCUT2D eigenvalue weighted by Crippen LogP contribution is 2.20. The van der Waals surface area contributed by atoms with Crippen LogP contribution in [0.25, 0.3) is 0 Å². The molecule has 0 fully saturated rings. The van der Waals surface area contributed by atoms with Gasteiger partial charge in [-0.3, -0.25) is 0 Å². The molecule has 0 aliphatic carbocycles. The number of terminal acetylenes is 1. The summed E-state index contributed by atoms with van der Waals surface area (Å²) in [6.07, 6.45) is 5.22. The molecule has 0 radical (unpaired) electrons. The fraction of sp³-hybridized carbons (Fsp3) is 0.125. The Balaban J connectivity index is 2.05. The lowest BCUT2D eigenvalue weighted by Crippen LogP contribution is -2.03. The molecule has 0 spiro atoms. The van der Waals surface area contributed by atoms with Gasteiger partial charge in [0, 0.05) is 21.4 Å². The van der Waals surface area contributed by atoms with Crippen LogP contribution >= 0.6 is 22.6 Å². The van der Waals surface area contributed by atoms with E-state index in [4.69, 9.17) is 11.2 Å². The van der Waals surface area contributed by atoms with E-state index >= 15 is 0 Å². The van der Waals surface area contributed by atoms with Crippen LogP contribution in [0.4, 0.5) is 5.69 Å². The van der Waals surface area contributed by atoms with Gasteiger partial charge in [0.1, 0.15) is 12.4 Å². The topological polar surface area (TPSA) is 21.3 Å². The highest BCUT2D eigenvalue weighted by atomic mass is 127. The van der Waals surface area contributed by atoms with Gasteiger partial charge in [-0.15, -0.1) is 6.42 Å². The number of hydrogen-bond donors (Lipinski definition) is 1. The van der Waals surface area contributed by atoms with E-state index in [0.717, 1.165) is 17.0 Å². The number of rotatable bonds is 5. The Kier molecular flexibility index (Phi) is 5.10. The van der Waals surface area contributed by atoms with E-state index in [2.05, 4.69) is 46.0 Å². The van der Waals surface area contributed by atoms with Gasteiger partial charge in [-0.25, -0.2) is 0 Å². The van der Waals surface area contributed by atoms with Crippen LogP contribution in [-0.2, 0) is 6.54 Å². The van der Waals surface area contributed by atoms with Crippen molar-refractivity contribution in [2.45, 2.75) is 6.54 Å². The lowest BCUT2D eigenvalue weighted by Gasteiger charge is -2.11. The second kappa shape index (κ2) is 7.05. The van der Waals surface area contributed by atoms with Gasteiger partial charge in [-0.1, -0.05) is 30.2 Å². The molecule has 2 nitrogen and oxygen atoms in total. The lowest BCUT2D eigenvalue weighted by molar-refractivity contribution is 0.366. The molecule has 2 aromatic carbocycles. The summed E-state index contributed by atoms with van der Waals surface area (Å²) in [5.74, 6) is 3.31. The second-order valence-corrected chi connectivity index (χ2v) is 5.21. The van der Waals surface area contributed by atoms with Crippen molar-refractivity contribution in [3.63, 3.8) is 0 Å². The molecule has 0 aliphatic heterocycles. The zero-order valence-corrected chi connectivity index (χ0v) is 12.6. The minimum atomic E-state index is 0.292. The average molecular weight is 363 g/mol. The van der Waals surface area contributed by atoms with Crippen molar-refractivity contribution in [1.82, 2.24) is 0 Å². The van der Waals surface area contributed by atoms with E-state index in [1.165, 1.54) is 3.57 Å². The van der Waals surface area contributed by atoms with Gasteiger partial charge in [-0.2, -0.15) is 0 Å². The van der Waals surface area contributed by atoms with Gasteiger partial charge in [0.25, 0.3) is 0 Å². The quantitative estimate of drug-likeness (QED) is 0.642. The van der Waals surface area contributed by atoms with Crippen LogP contribution in [-0.4, -0.2) is 6.61 Å². The predicted molar refractivity (Wildman–Crippen MR) is 87.3 cm³/mol. The lowest BCUT2D eigenvalue weighted by atomic mass is 10.2. The van der Waals surface area contributed by atoms with Crippen molar-refractivity contribution in [1.29, 1.82) is 0 Å². The summed E-state index contributed by atoms with van der Waals surface area (Å²) >= 11 is 2.30. The molecule has 0 amide bonds. The zero-order chi connectivity index (χ0) is 13.5. The van der Waals surface area contributed by atoms with Crippen LogP contribution in [0.5, 0.6) is 5.75 Å². The van der Waals surface area contributed by atoms with Crippen molar-refractivity contribution >= 4 is 28.3 Å². The van der Waals surface area contributed by atoms with Crippen LogP contribution in [0.1, 0.15) is 5.56 Å². The molecular formula is C16H14INO. The molecule has 0 aromatic heterocycles. The van der Waals surface area contributed by atoms with E-state index in [1.54, 1.807) is 0 Å². The van der Waals surface area contributed by atoms with Crippen molar-refractivity contribution in [3.8, 4) is 18.1 Å². The normalized spacial score (nSPS) is 9.68. The molecule has 2 aromatic rings. The van der Waals surface area contributed by atoms with Crippen molar-refractivity contribution in [3.05, 3.63) is 57.7 Å². The average Bonchev–Trinajstić information content (AvgIpc) is 2.44. The summed E-state index contributed by atoms with van der Waals surface area (Å²) < 4.78 is 6.73. The summed E-state index contributed by atoms with van der Waals surface area (Å²) in [6.45, 7) is 1.00. The standard InChI is InChI=1S/C16H14INO/c1-2-10-19-16-9-4-3-6-13(16)12-18-15-8-5-7-14(17)11-15/h1,3-9,11,18H,10,12H2. The molecule has 0 atom stereocenters. The molecule has 1 N–H and O–H groups in total. The molecule has 0 unspecified atom stereocenters. The third kappa shape index (κ3) is 4.18. The highest BCUT2D eigenvalue weighted by Gasteiger charge is 2.02. The van der Waals surface area contributed by atoms with Crippen LogP contribution in [0.15, 0.2) is 48.5 Å². The van der Waals surface area contributed by atoms with Crippen LogP contribution in [0, 0.1) is 15.9 Å². The Labute approximate surface area is 127 Å². The number of para-hydroxylation sites is 1. The number of nitrogens with one attached hydrogen (secondary N) is 1. The van der Waals surface area contributed by atoms with Crippen molar-refractivity contribution in [2.75, 3.05) is 11.9 Å². The minimum Gasteiger partial charge on any atom is -0.481 e. The Morgan fingerprint density at radius 3 is 2.79 bits per heavy atom. The molecule has 0 saturated heterocycles. The highest BCUT2D eigenvalue weighted by molar-refractivity contribution is 14.1. The second-order valence-electron chi connectivity index (χ2n) is 3.96. The molecular weight excluding hydrogens is 349 g/mol. The number of ether oxygens (including phenoxy) is 1. The number of hydrogen-bond acceptors (Lipinski definition) is 2. The summed E-state index contributed by atoms with van der Waals surface area (Å²) in [5.41, 5.74) is 2.19. The first-order chi connectivity index (χ1) is 9.29. The summed E-state index contributed by atoms with van der Waals surface area (Å²) in [4.78, 5) is 0. The van der Waals surface area contributed by atoms with E-state index in [1.807, 2.05) is 36.4 Å². The van der Waals surface area contributed by atoms with E-state index in [-0.39, 0.29) is 0 Å². The third-order valence-corrected chi connectivity index (χ3v) is 3.26. The first-order valence-corrected chi connectivity index (χ1v) is 7.01. The molecule has 0 bridgehead atoms. The maximum absolute atomic E-state index is 5.52. The van der Waals surface area contributed by atoms with E-state index < -0.39 is 0 Å². The predicted octanol–water partition coefficient (Wildman–Crippen LogP) is 3.92. The summed E-state index contributed by atoms with van der Waals surface area (Å²) in [7, 11) is 0. The molecule has 19 heavy (non-hydrogen) atoms. The monoisotopic (exact) mass is 363 g/mol. The number of halogens is 1. The van der Waals surface area contributed by atoms with Gasteiger partial charge in [0.2, 0.25) is 0 Å². The molecule has 0 heterocycles. The largest absolute Gasteiger partial charge is 0.481 e. The van der Waals surface area contributed by atoms with Crippen molar-refractivity contribution in [2.24, 2.45) is 0 Å². The van der Waals surface area contributed by atoms with Gasteiger partial charge < -0.3 is 10.1 Å². The maximum Gasteiger partial charge on any atom is 0.148 e. The fourth-order valence-corrected chi connectivity index (χ4v) is 2.25. The summed E-state index contributed by atoms with van der Waals surface area (Å²) in [5, 5.41) is 3.38. The molecule has 0 saturated carbocycles. The van der Waals surface area contributed by atoms with E-state index in [0.29, 0.717) is 13.2 Å². The van der Waals surface area contributed by atoms with Crippen molar-refractivity contribution < 1.29 is 4.74 Å². The number of anilines is 1. The Bertz CT molecular complexity index is 589. The third-order valence-electron chi connectivity index (χ3n) is 2.59. The smallest absolute Gasteiger partial charge is 0.148 e. The molecule has 3 heteroatoms. The van der Waals surface area contributed by atoms with Crippen LogP contribution in [0.3, 0.4) is 0 Å². The first kappa shape index (κ1) is 13.8. The maximum atomic E-state index is 5.52. The Hall–Kier alpha value is -1.67. The van der Waals surface area contributed by atoms with E-state index in [9.17, 15) is 0 Å². The van der Waals surface area contributed by atoms with Gasteiger partial charge in [0.05, 0.1) is 0 Å². The fourth-order valence-electron chi connectivity index (χ4n) is 1.71. The molecule has 0 aliphatic rings. The zero-order valence-electron chi connectivity index (χ0n) is 10.4. The van der Waals surface area contributed by atoms with Crippen LogP contribution < -0.4 is 10.1 Å². The molecule has 96 valence electrons. The Morgan fingerprint density at radius 2 is 2.00 bits per heavy atom.